The molecule has 15 heavy (non-hydrogen) atoms. The largest absolute Gasteiger partial charge is 0.467 e. The SMILES string of the molecule is Nc1nonc1C(=O)NCc1ccco1. The van der Waals surface area contributed by atoms with Crippen molar-refractivity contribution >= 4 is 11.7 Å². The van der Waals surface area contributed by atoms with Gasteiger partial charge in [0.2, 0.25) is 11.5 Å². The van der Waals surface area contributed by atoms with E-state index in [1.54, 1.807) is 12.1 Å². The number of amides is 1. The molecule has 0 radical (unpaired) electrons. The fraction of sp³-hybridized carbons (Fsp3) is 0.125. The molecule has 0 bridgehead atoms. The molecule has 0 saturated heterocycles. The van der Waals surface area contributed by atoms with Crippen LogP contribution in [0.5, 0.6) is 0 Å². The third-order valence-electron chi connectivity index (χ3n) is 1.73. The Morgan fingerprint density at radius 1 is 1.53 bits per heavy atom. The topological polar surface area (TPSA) is 107 Å². The molecule has 7 nitrogen and oxygen atoms in total. The molecule has 0 fully saturated rings. The van der Waals surface area contributed by atoms with Crippen LogP contribution in [-0.2, 0) is 6.54 Å². The van der Waals surface area contributed by atoms with Gasteiger partial charge in [0.05, 0.1) is 12.8 Å². The molecule has 0 spiro atoms. The molecule has 0 aliphatic heterocycles. The van der Waals surface area contributed by atoms with Crippen LogP contribution in [0.3, 0.4) is 0 Å². The Morgan fingerprint density at radius 2 is 2.40 bits per heavy atom. The number of hydrogen-bond acceptors (Lipinski definition) is 6. The Kier molecular flexibility index (Phi) is 2.36. The first-order chi connectivity index (χ1) is 7.27. The number of carbonyl (C=O) groups is 1. The summed E-state index contributed by atoms with van der Waals surface area (Å²) in [6.07, 6.45) is 1.52. The number of anilines is 1. The van der Waals surface area contributed by atoms with Gasteiger partial charge in [-0.1, -0.05) is 0 Å². The maximum absolute atomic E-state index is 11.4. The molecule has 2 rings (SSSR count). The van der Waals surface area contributed by atoms with E-state index in [1.165, 1.54) is 6.26 Å². The Bertz CT molecular complexity index is 448. The van der Waals surface area contributed by atoms with Crippen LogP contribution in [0.4, 0.5) is 5.82 Å². The summed E-state index contributed by atoms with van der Waals surface area (Å²) in [7, 11) is 0. The average Bonchev–Trinajstić information content (AvgIpc) is 2.84. The zero-order chi connectivity index (χ0) is 10.7. The van der Waals surface area contributed by atoms with Crippen LogP contribution >= 0.6 is 0 Å². The number of nitrogens with zero attached hydrogens (tertiary/aromatic N) is 2. The quantitative estimate of drug-likeness (QED) is 0.744. The molecule has 78 valence electrons. The second kappa shape index (κ2) is 3.82. The highest BCUT2D eigenvalue weighted by molar-refractivity contribution is 5.95. The highest BCUT2D eigenvalue weighted by atomic mass is 16.6. The molecule has 3 N–H and O–H groups in total. The molecule has 0 aromatic carbocycles. The standard InChI is InChI=1S/C8H8N4O3/c9-7-6(11-15-12-7)8(13)10-4-5-2-1-3-14-5/h1-3H,4H2,(H2,9,12)(H,10,13). The van der Waals surface area contributed by atoms with Gasteiger partial charge in [0.15, 0.2) is 0 Å². The molecule has 2 heterocycles. The molecule has 0 aliphatic rings. The lowest BCUT2D eigenvalue weighted by atomic mass is 10.4. The number of nitrogens with one attached hydrogen (secondary N) is 1. The number of furan rings is 1. The number of rotatable bonds is 3. The number of nitrogens with two attached hydrogens (primary N) is 1. The highest BCUT2D eigenvalue weighted by Gasteiger charge is 2.15. The average molecular weight is 208 g/mol. The fourth-order valence-corrected chi connectivity index (χ4v) is 1.02. The molecule has 0 unspecified atom stereocenters. The second-order valence-electron chi connectivity index (χ2n) is 2.76. The van der Waals surface area contributed by atoms with Crippen molar-refractivity contribution in [2.45, 2.75) is 6.54 Å². The summed E-state index contributed by atoms with van der Waals surface area (Å²) in [5.41, 5.74) is 5.31. The van der Waals surface area contributed by atoms with Crippen molar-refractivity contribution < 1.29 is 13.8 Å². The smallest absolute Gasteiger partial charge is 0.277 e. The number of hydrogen-bond donors (Lipinski definition) is 2. The Labute approximate surface area is 84.2 Å². The second-order valence-corrected chi connectivity index (χ2v) is 2.76. The van der Waals surface area contributed by atoms with Gasteiger partial charge in [-0.2, -0.15) is 0 Å². The van der Waals surface area contributed by atoms with E-state index in [2.05, 4.69) is 20.3 Å². The van der Waals surface area contributed by atoms with E-state index in [9.17, 15) is 4.79 Å². The summed E-state index contributed by atoms with van der Waals surface area (Å²) in [6, 6.07) is 3.47. The van der Waals surface area contributed by atoms with E-state index < -0.39 is 5.91 Å². The predicted octanol–water partition coefficient (Wildman–Crippen LogP) is 0.175. The van der Waals surface area contributed by atoms with Crippen molar-refractivity contribution in [1.82, 2.24) is 15.6 Å². The first kappa shape index (κ1) is 9.25. The van der Waals surface area contributed by atoms with Crippen molar-refractivity contribution in [3.63, 3.8) is 0 Å². The van der Waals surface area contributed by atoms with Crippen LogP contribution in [0, 0.1) is 0 Å². The van der Waals surface area contributed by atoms with E-state index in [-0.39, 0.29) is 18.1 Å². The van der Waals surface area contributed by atoms with Gasteiger partial charge in [-0.3, -0.25) is 4.79 Å². The van der Waals surface area contributed by atoms with Crippen LogP contribution in [-0.4, -0.2) is 16.2 Å². The van der Waals surface area contributed by atoms with Crippen molar-refractivity contribution in [2.75, 3.05) is 5.73 Å². The number of aromatic nitrogens is 2. The summed E-state index contributed by atoms with van der Waals surface area (Å²) in [4.78, 5) is 11.4. The molecule has 0 saturated carbocycles. The minimum Gasteiger partial charge on any atom is -0.467 e. The third-order valence-corrected chi connectivity index (χ3v) is 1.73. The van der Waals surface area contributed by atoms with Gasteiger partial charge in [-0.15, -0.1) is 0 Å². The summed E-state index contributed by atoms with van der Waals surface area (Å²) >= 11 is 0. The first-order valence-corrected chi connectivity index (χ1v) is 4.16. The summed E-state index contributed by atoms with van der Waals surface area (Å²) in [5.74, 6) is 0.149. The van der Waals surface area contributed by atoms with Gasteiger partial charge in [0.25, 0.3) is 5.91 Å². The third kappa shape index (κ3) is 1.96. The molecule has 0 atom stereocenters. The molecule has 2 aromatic heterocycles. The van der Waals surface area contributed by atoms with E-state index in [1.807, 2.05) is 0 Å². The van der Waals surface area contributed by atoms with Crippen molar-refractivity contribution in [3.8, 4) is 0 Å². The van der Waals surface area contributed by atoms with Gasteiger partial charge >= 0.3 is 0 Å². The monoisotopic (exact) mass is 208 g/mol. The molecule has 2 aromatic rings. The number of nitrogen functional groups attached to an aromatic ring is 1. The normalized spacial score (nSPS) is 10.1. The zero-order valence-corrected chi connectivity index (χ0v) is 7.64. The van der Waals surface area contributed by atoms with E-state index in [4.69, 9.17) is 10.2 Å². The van der Waals surface area contributed by atoms with Gasteiger partial charge in [-0.05, 0) is 22.4 Å². The van der Waals surface area contributed by atoms with E-state index >= 15 is 0 Å². The lowest BCUT2D eigenvalue weighted by molar-refractivity contribution is 0.0939. The molecule has 1 amide bonds. The van der Waals surface area contributed by atoms with E-state index in [0.717, 1.165) is 0 Å². The van der Waals surface area contributed by atoms with E-state index in [0.29, 0.717) is 5.76 Å². The van der Waals surface area contributed by atoms with Crippen LogP contribution in [0.25, 0.3) is 0 Å². The van der Waals surface area contributed by atoms with Crippen LogP contribution in [0.1, 0.15) is 16.2 Å². The van der Waals surface area contributed by atoms with Crippen LogP contribution < -0.4 is 11.1 Å². The minimum atomic E-state index is -0.454. The lowest BCUT2D eigenvalue weighted by Gasteiger charge is -1.99. The Balaban J connectivity index is 1.96. The molecule has 7 heteroatoms. The van der Waals surface area contributed by atoms with Crippen molar-refractivity contribution in [3.05, 3.63) is 29.9 Å². The van der Waals surface area contributed by atoms with Gasteiger partial charge < -0.3 is 15.5 Å². The van der Waals surface area contributed by atoms with Crippen molar-refractivity contribution in [2.24, 2.45) is 0 Å². The Hall–Kier alpha value is -2.31. The minimum absolute atomic E-state index is 0.0263. The molecular weight excluding hydrogens is 200 g/mol. The van der Waals surface area contributed by atoms with Gasteiger partial charge in [0, 0.05) is 0 Å². The summed E-state index contributed by atoms with van der Waals surface area (Å²) < 4.78 is 9.32. The summed E-state index contributed by atoms with van der Waals surface area (Å²) in [5, 5.41) is 9.21. The maximum atomic E-state index is 11.4. The zero-order valence-electron chi connectivity index (χ0n) is 7.64. The predicted molar refractivity (Wildman–Crippen MR) is 48.6 cm³/mol. The highest BCUT2D eigenvalue weighted by Crippen LogP contribution is 2.04. The Morgan fingerprint density at radius 3 is 3.00 bits per heavy atom. The van der Waals surface area contributed by atoms with Crippen molar-refractivity contribution in [1.29, 1.82) is 0 Å². The van der Waals surface area contributed by atoms with Crippen LogP contribution in [0.2, 0.25) is 0 Å². The lowest BCUT2D eigenvalue weighted by Crippen LogP contribution is -2.23. The maximum Gasteiger partial charge on any atom is 0.277 e. The molecule has 0 aliphatic carbocycles. The molecular formula is C8H8N4O3. The summed E-state index contributed by atoms with van der Waals surface area (Å²) in [6.45, 7) is 0.262. The fourth-order valence-electron chi connectivity index (χ4n) is 1.02. The van der Waals surface area contributed by atoms with Gasteiger partial charge in [-0.25, -0.2) is 4.63 Å². The van der Waals surface area contributed by atoms with Crippen LogP contribution in [0.15, 0.2) is 27.4 Å². The first-order valence-electron chi connectivity index (χ1n) is 4.16. The number of carbonyl (C=O) groups excluding carboxylic acids is 1. The van der Waals surface area contributed by atoms with Gasteiger partial charge in [0.1, 0.15) is 5.76 Å².